The number of rotatable bonds is 2. The van der Waals surface area contributed by atoms with Gasteiger partial charge in [-0.25, -0.2) is 9.97 Å². The van der Waals surface area contributed by atoms with Gasteiger partial charge in [0.15, 0.2) is 0 Å². The molecule has 0 amide bonds. The van der Waals surface area contributed by atoms with Crippen LogP contribution >= 0.6 is 12.2 Å². The first-order chi connectivity index (χ1) is 7.16. The fourth-order valence-electron chi connectivity index (χ4n) is 1.17. The molecule has 78 valence electrons. The summed E-state index contributed by atoms with van der Waals surface area (Å²) in [5, 5.41) is 5.59. The van der Waals surface area contributed by atoms with E-state index in [4.69, 9.17) is 12.2 Å². The van der Waals surface area contributed by atoms with Crippen molar-refractivity contribution in [2.24, 2.45) is 0 Å². The molecule has 2 rings (SSSR count). The van der Waals surface area contributed by atoms with Crippen molar-refractivity contribution < 1.29 is 0 Å². The number of hydrogen-bond donors (Lipinski definition) is 2. The average Bonchev–Trinajstić information content (AvgIpc) is 2.63. The lowest BCUT2D eigenvalue weighted by Gasteiger charge is -2.02. The number of fused-ring (bicyclic) bond motifs is 1. The highest BCUT2D eigenvalue weighted by molar-refractivity contribution is 7.80. The fourth-order valence-corrected chi connectivity index (χ4v) is 1.25. The first kappa shape index (κ1) is 9.78. The second-order valence-corrected chi connectivity index (χ2v) is 3.63. The van der Waals surface area contributed by atoms with Gasteiger partial charge in [-0.2, -0.15) is 4.52 Å². The molecule has 0 radical (unpaired) electrons. The Morgan fingerprint density at radius 2 is 2.53 bits per heavy atom. The number of thiocarbonyl (C=S) groups is 1. The highest BCUT2D eigenvalue weighted by atomic mass is 32.1. The maximum atomic E-state index is 11.5. The number of H-pyrrole nitrogens is 1. The molecule has 0 aromatic carbocycles. The van der Waals surface area contributed by atoms with E-state index in [0.29, 0.717) is 23.0 Å². The molecule has 0 spiro atoms. The van der Waals surface area contributed by atoms with Gasteiger partial charge in [-0.15, -0.1) is 0 Å². The molecule has 0 saturated carbocycles. The SMILES string of the molecule is CC(=S)NCc1cc(=O)n2[nH]cnc2n1. The average molecular weight is 223 g/mol. The molecule has 2 aromatic heterocycles. The first-order valence-electron chi connectivity index (χ1n) is 4.33. The molecular weight excluding hydrogens is 214 g/mol. The second-order valence-electron chi connectivity index (χ2n) is 3.02. The third-order valence-corrected chi connectivity index (χ3v) is 1.98. The van der Waals surface area contributed by atoms with Crippen molar-refractivity contribution in [3.8, 4) is 0 Å². The van der Waals surface area contributed by atoms with Gasteiger partial charge in [-0.1, -0.05) is 12.2 Å². The minimum Gasteiger partial charge on any atom is -0.374 e. The molecule has 0 fully saturated rings. The zero-order valence-electron chi connectivity index (χ0n) is 8.02. The van der Waals surface area contributed by atoms with Crippen molar-refractivity contribution in [1.82, 2.24) is 24.9 Å². The minimum absolute atomic E-state index is 0.184. The van der Waals surface area contributed by atoms with Crippen LogP contribution in [0.25, 0.3) is 5.78 Å². The third-order valence-electron chi connectivity index (χ3n) is 1.84. The van der Waals surface area contributed by atoms with Crippen molar-refractivity contribution in [2.45, 2.75) is 13.5 Å². The molecule has 0 saturated heterocycles. The molecule has 0 aliphatic carbocycles. The van der Waals surface area contributed by atoms with Crippen molar-refractivity contribution >= 4 is 23.0 Å². The van der Waals surface area contributed by atoms with Gasteiger partial charge < -0.3 is 5.32 Å². The molecule has 2 N–H and O–H groups in total. The van der Waals surface area contributed by atoms with Crippen molar-refractivity contribution in [3.05, 3.63) is 28.4 Å². The van der Waals surface area contributed by atoms with Crippen LogP contribution < -0.4 is 10.9 Å². The van der Waals surface area contributed by atoms with E-state index in [0.717, 1.165) is 0 Å². The lowest BCUT2D eigenvalue weighted by Crippen LogP contribution is -2.22. The summed E-state index contributed by atoms with van der Waals surface area (Å²) in [5.74, 6) is 0.362. The second kappa shape index (κ2) is 3.77. The van der Waals surface area contributed by atoms with E-state index in [1.807, 2.05) is 0 Å². The Hall–Kier alpha value is -1.76. The van der Waals surface area contributed by atoms with E-state index in [1.54, 1.807) is 6.92 Å². The van der Waals surface area contributed by atoms with Gasteiger partial charge in [0.1, 0.15) is 6.33 Å². The van der Waals surface area contributed by atoms with Crippen LogP contribution in [0.1, 0.15) is 12.6 Å². The predicted octanol–water partition coefficient (Wildman–Crippen LogP) is -0.146. The summed E-state index contributed by atoms with van der Waals surface area (Å²) in [7, 11) is 0. The maximum Gasteiger partial charge on any atom is 0.274 e. The molecule has 2 aromatic rings. The lowest BCUT2D eigenvalue weighted by atomic mass is 10.4. The third kappa shape index (κ3) is 2.01. The number of aromatic nitrogens is 4. The topological polar surface area (TPSA) is 75.1 Å². The fraction of sp³-hybridized carbons (Fsp3) is 0.250. The summed E-state index contributed by atoms with van der Waals surface area (Å²) in [4.78, 5) is 20.2. The van der Waals surface area contributed by atoms with Gasteiger partial charge in [0.05, 0.1) is 17.2 Å². The van der Waals surface area contributed by atoms with Crippen LogP contribution in [0, 0.1) is 0 Å². The van der Waals surface area contributed by atoms with Crippen LogP contribution in [0.2, 0.25) is 0 Å². The summed E-state index contributed by atoms with van der Waals surface area (Å²) in [6, 6.07) is 1.44. The number of aromatic amines is 1. The van der Waals surface area contributed by atoms with E-state index >= 15 is 0 Å². The van der Waals surface area contributed by atoms with E-state index < -0.39 is 0 Å². The molecule has 7 heteroatoms. The Morgan fingerprint density at radius 3 is 3.27 bits per heavy atom. The molecule has 0 bridgehead atoms. The molecule has 15 heavy (non-hydrogen) atoms. The monoisotopic (exact) mass is 223 g/mol. The van der Waals surface area contributed by atoms with Gasteiger partial charge in [0.25, 0.3) is 11.3 Å². The zero-order chi connectivity index (χ0) is 10.8. The summed E-state index contributed by atoms with van der Waals surface area (Å²) in [6.07, 6.45) is 1.42. The van der Waals surface area contributed by atoms with Crippen LogP contribution in [-0.2, 0) is 6.54 Å². The molecule has 6 nitrogen and oxygen atoms in total. The van der Waals surface area contributed by atoms with Crippen LogP contribution in [-0.4, -0.2) is 24.6 Å². The molecule has 0 unspecified atom stereocenters. The highest BCUT2D eigenvalue weighted by Crippen LogP contribution is 1.93. The van der Waals surface area contributed by atoms with Crippen molar-refractivity contribution in [2.75, 3.05) is 0 Å². The van der Waals surface area contributed by atoms with E-state index in [1.165, 1.54) is 16.9 Å². The van der Waals surface area contributed by atoms with Gasteiger partial charge >= 0.3 is 0 Å². The Kier molecular flexibility index (Phi) is 2.46. The van der Waals surface area contributed by atoms with Crippen LogP contribution in [0.5, 0.6) is 0 Å². The molecule has 0 aliphatic rings. The summed E-state index contributed by atoms with van der Waals surface area (Å²) < 4.78 is 1.27. The zero-order valence-corrected chi connectivity index (χ0v) is 8.84. The van der Waals surface area contributed by atoms with Crippen molar-refractivity contribution in [3.63, 3.8) is 0 Å². The lowest BCUT2D eigenvalue weighted by molar-refractivity contribution is 0.835. The molecular formula is C8H9N5OS. The van der Waals surface area contributed by atoms with E-state index in [-0.39, 0.29) is 5.56 Å². The number of nitrogens with one attached hydrogen (secondary N) is 2. The Labute approximate surface area is 90.3 Å². The molecule has 2 heterocycles. The van der Waals surface area contributed by atoms with E-state index in [9.17, 15) is 4.79 Å². The Balaban J connectivity index is 2.36. The Morgan fingerprint density at radius 1 is 1.73 bits per heavy atom. The highest BCUT2D eigenvalue weighted by Gasteiger charge is 2.03. The summed E-state index contributed by atoms with van der Waals surface area (Å²) in [6.45, 7) is 2.21. The molecule has 0 atom stereocenters. The van der Waals surface area contributed by atoms with Crippen LogP contribution in [0.15, 0.2) is 17.2 Å². The standard InChI is InChI=1S/C8H9N5OS/c1-5(15)9-3-6-2-7(14)13-8(12-6)10-4-11-13/h2,4H,3H2,1H3,(H,9,15)(H,10,11,12). The summed E-state index contributed by atoms with van der Waals surface area (Å²) >= 11 is 4.86. The van der Waals surface area contributed by atoms with Gasteiger partial charge in [0, 0.05) is 6.07 Å². The quantitative estimate of drug-likeness (QED) is 0.693. The maximum absolute atomic E-state index is 11.5. The minimum atomic E-state index is -0.184. The van der Waals surface area contributed by atoms with Gasteiger partial charge in [-0.05, 0) is 6.92 Å². The van der Waals surface area contributed by atoms with Crippen molar-refractivity contribution in [1.29, 1.82) is 0 Å². The first-order valence-corrected chi connectivity index (χ1v) is 4.74. The normalized spacial score (nSPS) is 10.5. The Bertz CT molecular complexity index is 557. The van der Waals surface area contributed by atoms with Gasteiger partial charge in [-0.3, -0.25) is 9.89 Å². The van der Waals surface area contributed by atoms with Gasteiger partial charge in [0.2, 0.25) is 0 Å². The predicted molar refractivity (Wildman–Crippen MR) is 58.7 cm³/mol. The molecule has 0 aliphatic heterocycles. The largest absolute Gasteiger partial charge is 0.374 e. The number of nitrogens with zero attached hydrogens (tertiary/aromatic N) is 3. The van der Waals surface area contributed by atoms with E-state index in [2.05, 4.69) is 20.4 Å². The van der Waals surface area contributed by atoms with Crippen LogP contribution in [0.4, 0.5) is 0 Å². The smallest absolute Gasteiger partial charge is 0.274 e. The summed E-state index contributed by atoms with van der Waals surface area (Å²) in [5.41, 5.74) is 0.438. The van der Waals surface area contributed by atoms with Crippen LogP contribution in [0.3, 0.4) is 0 Å². The number of hydrogen-bond acceptors (Lipinski definition) is 4.